The van der Waals surface area contributed by atoms with Crippen molar-refractivity contribution in [1.82, 2.24) is 19.2 Å². The number of hydrogen-bond donors (Lipinski definition) is 0. The van der Waals surface area contributed by atoms with Crippen LogP contribution in [0.3, 0.4) is 0 Å². The Balaban J connectivity index is 2.28. The number of thioether (sulfide) groups is 1. The molecule has 120 valence electrons. The minimum Gasteiger partial charge on any atom is -0.276 e. The molecule has 2 aromatic heterocycles. The zero-order valence-corrected chi connectivity index (χ0v) is 14.3. The van der Waals surface area contributed by atoms with Gasteiger partial charge in [-0.2, -0.15) is 0 Å². The molecule has 0 saturated heterocycles. The van der Waals surface area contributed by atoms with Gasteiger partial charge in [-0.05, 0) is 25.5 Å². The molecule has 0 bridgehead atoms. The largest absolute Gasteiger partial charge is 0.276 e. The lowest BCUT2D eigenvalue weighted by atomic mass is 10.2. The molecule has 0 N–H and O–H groups in total. The van der Waals surface area contributed by atoms with Crippen molar-refractivity contribution in [3.05, 3.63) is 46.8 Å². The van der Waals surface area contributed by atoms with E-state index >= 15 is 0 Å². The van der Waals surface area contributed by atoms with Gasteiger partial charge in [0.05, 0.1) is 10.9 Å². The van der Waals surface area contributed by atoms with Gasteiger partial charge in [0.15, 0.2) is 5.16 Å². The molecule has 3 rings (SSSR count). The number of unbranched alkanes of at least 4 members (excludes halogenated alkanes) is 1. The predicted octanol–water partition coefficient (Wildman–Crippen LogP) is 3.51. The van der Waals surface area contributed by atoms with E-state index in [1.165, 1.54) is 0 Å². The Morgan fingerprint density at radius 3 is 2.83 bits per heavy atom. The van der Waals surface area contributed by atoms with Crippen molar-refractivity contribution in [2.45, 2.75) is 38.4 Å². The van der Waals surface area contributed by atoms with E-state index in [0.29, 0.717) is 17.7 Å². The van der Waals surface area contributed by atoms with Gasteiger partial charge in [0, 0.05) is 12.3 Å². The van der Waals surface area contributed by atoms with Crippen molar-refractivity contribution in [3.63, 3.8) is 0 Å². The molecule has 0 unspecified atom stereocenters. The Kier molecular flexibility index (Phi) is 4.52. The number of aryl methyl sites for hydroxylation is 1. The van der Waals surface area contributed by atoms with Crippen molar-refractivity contribution in [3.8, 4) is 0 Å². The summed E-state index contributed by atoms with van der Waals surface area (Å²) in [7, 11) is 0. The highest BCUT2D eigenvalue weighted by Gasteiger charge is 2.16. The van der Waals surface area contributed by atoms with E-state index in [9.17, 15) is 4.79 Å². The molecule has 3 aromatic rings. The van der Waals surface area contributed by atoms with Crippen molar-refractivity contribution in [2.24, 2.45) is 0 Å². The van der Waals surface area contributed by atoms with Gasteiger partial charge in [-0.15, -0.1) is 10.2 Å². The third-order valence-corrected chi connectivity index (χ3v) is 4.82. The van der Waals surface area contributed by atoms with Crippen molar-refractivity contribution >= 4 is 28.4 Å². The second-order valence-corrected chi connectivity index (χ2v) is 6.63. The van der Waals surface area contributed by atoms with E-state index in [1.807, 2.05) is 35.6 Å². The van der Waals surface area contributed by atoms with Gasteiger partial charge in [-0.25, -0.2) is 0 Å². The van der Waals surface area contributed by atoms with E-state index < -0.39 is 0 Å². The second kappa shape index (κ2) is 6.58. The first-order chi connectivity index (χ1) is 11.1. The predicted molar refractivity (Wildman–Crippen MR) is 95.2 cm³/mol. The smallest absolute Gasteiger partial charge is 0.262 e. The molecule has 0 aliphatic carbocycles. The average molecular weight is 328 g/mol. The van der Waals surface area contributed by atoms with Crippen LogP contribution in [0.15, 0.2) is 46.4 Å². The Morgan fingerprint density at radius 2 is 2.09 bits per heavy atom. The molecule has 0 fully saturated rings. The number of nitrogens with zero attached hydrogens (tertiary/aromatic N) is 4. The quantitative estimate of drug-likeness (QED) is 0.513. The fourth-order valence-corrected chi connectivity index (χ4v) is 3.32. The highest BCUT2D eigenvalue weighted by Crippen LogP contribution is 2.22. The van der Waals surface area contributed by atoms with Gasteiger partial charge in [-0.1, -0.05) is 49.4 Å². The standard InChI is InChI=1S/C17H20N4OS/c1-4-5-10-20-15(22)13-8-6-7-9-14(13)21-16(20)18-19-17(21)23-11-12(2)3/h6-9H,2,4-5,10-11H2,1,3H3. The van der Waals surface area contributed by atoms with E-state index in [-0.39, 0.29) is 5.56 Å². The van der Waals surface area contributed by atoms with Crippen LogP contribution in [0.1, 0.15) is 26.7 Å². The van der Waals surface area contributed by atoms with E-state index in [4.69, 9.17) is 0 Å². The van der Waals surface area contributed by atoms with Crippen LogP contribution in [0.25, 0.3) is 16.7 Å². The Bertz CT molecular complexity index is 925. The number of rotatable bonds is 6. The van der Waals surface area contributed by atoms with Crippen molar-refractivity contribution in [2.75, 3.05) is 5.75 Å². The average Bonchev–Trinajstić information content (AvgIpc) is 2.97. The molecule has 0 radical (unpaired) electrons. The zero-order chi connectivity index (χ0) is 16.4. The SMILES string of the molecule is C=C(C)CSc1nnc2n(CCCC)c(=O)c3ccccc3n12. The number of para-hydroxylation sites is 1. The summed E-state index contributed by atoms with van der Waals surface area (Å²) in [5.74, 6) is 1.40. The molecule has 0 atom stereocenters. The number of hydrogen-bond acceptors (Lipinski definition) is 4. The molecule has 2 heterocycles. The van der Waals surface area contributed by atoms with Gasteiger partial charge < -0.3 is 0 Å². The Hall–Kier alpha value is -2.08. The van der Waals surface area contributed by atoms with Crippen molar-refractivity contribution in [1.29, 1.82) is 0 Å². The summed E-state index contributed by atoms with van der Waals surface area (Å²) >= 11 is 1.59. The summed E-state index contributed by atoms with van der Waals surface area (Å²) in [5.41, 5.74) is 1.94. The fourth-order valence-electron chi connectivity index (χ4n) is 2.53. The summed E-state index contributed by atoms with van der Waals surface area (Å²) in [6.07, 6.45) is 1.96. The zero-order valence-electron chi connectivity index (χ0n) is 13.5. The number of benzene rings is 1. The molecule has 23 heavy (non-hydrogen) atoms. The molecule has 0 spiro atoms. The van der Waals surface area contributed by atoms with Crippen LogP contribution < -0.4 is 5.56 Å². The maximum absolute atomic E-state index is 12.8. The van der Waals surface area contributed by atoms with Crippen LogP contribution >= 0.6 is 11.8 Å². The van der Waals surface area contributed by atoms with E-state index in [0.717, 1.165) is 34.8 Å². The molecular weight excluding hydrogens is 308 g/mol. The molecule has 0 aliphatic rings. The van der Waals surface area contributed by atoms with Crippen LogP contribution in [-0.2, 0) is 6.54 Å². The summed E-state index contributed by atoms with van der Waals surface area (Å²) < 4.78 is 3.73. The van der Waals surface area contributed by atoms with E-state index in [2.05, 4.69) is 23.7 Å². The normalized spacial score (nSPS) is 11.4. The van der Waals surface area contributed by atoms with Crippen LogP contribution in [-0.4, -0.2) is 24.9 Å². The number of fused-ring (bicyclic) bond motifs is 3. The monoisotopic (exact) mass is 328 g/mol. The highest BCUT2D eigenvalue weighted by atomic mass is 32.2. The van der Waals surface area contributed by atoms with Crippen LogP contribution in [0.5, 0.6) is 0 Å². The van der Waals surface area contributed by atoms with Gasteiger partial charge in [0.2, 0.25) is 5.78 Å². The summed E-state index contributed by atoms with van der Waals surface area (Å²) in [6.45, 7) is 8.70. The maximum atomic E-state index is 12.8. The molecule has 6 heteroatoms. The minimum absolute atomic E-state index is 0.00500. The summed E-state index contributed by atoms with van der Waals surface area (Å²) in [6, 6.07) is 7.64. The fraction of sp³-hybridized carbons (Fsp3) is 0.353. The Labute approximate surface area is 139 Å². The molecule has 1 aromatic carbocycles. The van der Waals surface area contributed by atoms with Gasteiger partial charge in [0.25, 0.3) is 5.56 Å². The topological polar surface area (TPSA) is 52.2 Å². The Morgan fingerprint density at radius 1 is 1.30 bits per heavy atom. The maximum Gasteiger partial charge on any atom is 0.262 e. The van der Waals surface area contributed by atoms with Crippen LogP contribution in [0, 0.1) is 0 Å². The van der Waals surface area contributed by atoms with E-state index in [1.54, 1.807) is 16.3 Å². The molecule has 5 nitrogen and oxygen atoms in total. The van der Waals surface area contributed by atoms with Gasteiger partial charge in [0.1, 0.15) is 0 Å². The molecule has 0 aliphatic heterocycles. The first kappa shape index (κ1) is 15.8. The first-order valence-electron chi connectivity index (χ1n) is 7.77. The van der Waals surface area contributed by atoms with Gasteiger partial charge in [-0.3, -0.25) is 13.8 Å². The highest BCUT2D eigenvalue weighted by molar-refractivity contribution is 7.99. The molecule has 0 saturated carbocycles. The first-order valence-corrected chi connectivity index (χ1v) is 8.76. The lowest BCUT2D eigenvalue weighted by molar-refractivity contribution is 0.620. The third kappa shape index (κ3) is 2.91. The second-order valence-electron chi connectivity index (χ2n) is 5.69. The van der Waals surface area contributed by atoms with Gasteiger partial charge >= 0.3 is 0 Å². The van der Waals surface area contributed by atoms with Crippen LogP contribution in [0.2, 0.25) is 0 Å². The minimum atomic E-state index is 0.00500. The summed E-state index contributed by atoms with van der Waals surface area (Å²) in [5, 5.41) is 10.1. The third-order valence-electron chi connectivity index (χ3n) is 3.66. The molecule has 0 amide bonds. The van der Waals surface area contributed by atoms with Crippen molar-refractivity contribution < 1.29 is 0 Å². The summed E-state index contributed by atoms with van der Waals surface area (Å²) in [4.78, 5) is 12.8. The molecular formula is C17H20N4OS. The van der Waals surface area contributed by atoms with Crippen LogP contribution in [0.4, 0.5) is 0 Å². The number of aromatic nitrogens is 4. The lowest BCUT2D eigenvalue weighted by Gasteiger charge is -2.10. The lowest BCUT2D eigenvalue weighted by Crippen LogP contribution is -2.23.